The van der Waals surface area contributed by atoms with Gasteiger partial charge in [0.05, 0.1) is 1.37 Å². The summed E-state index contributed by atoms with van der Waals surface area (Å²) in [5.41, 5.74) is -4.37. The zero-order valence-corrected chi connectivity index (χ0v) is 9.10. The molecule has 0 saturated carbocycles. The molecule has 0 aromatic heterocycles. The van der Waals surface area contributed by atoms with Crippen LogP contribution in [-0.4, -0.2) is 5.11 Å². The van der Waals surface area contributed by atoms with E-state index >= 15 is 0 Å². The molecule has 0 aliphatic rings. The maximum Gasteiger partial charge on any atom is 0.119 e. The van der Waals surface area contributed by atoms with Crippen molar-refractivity contribution in [1.82, 2.24) is 0 Å². The van der Waals surface area contributed by atoms with Crippen molar-refractivity contribution in [2.24, 2.45) is 0 Å². The van der Waals surface area contributed by atoms with Gasteiger partial charge in [0.2, 0.25) is 0 Å². The highest BCUT2D eigenvalue weighted by molar-refractivity contribution is 5.42. The maximum absolute atomic E-state index is 10.3. The second-order valence-corrected chi connectivity index (χ2v) is 4.65. The quantitative estimate of drug-likeness (QED) is 0.695. The average molecular weight is 216 g/mol. The van der Waals surface area contributed by atoms with Gasteiger partial charge in [0.15, 0.2) is 0 Å². The normalized spacial score (nSPS) is 25.3. The number of hydrogen-bond donors (Lipinski definition) is 1. The summed E-state index contributed by atoms with van der Waals surface area (Å²) in [7, 11) is 0. The van der Waals surface area contributed by atoms with E-state index in [0.29, 0.717) is 5.56 Å². The highest BCUT2D eigenvalue weighted by Gasteiger charge is 2.21. The lowest BCUT2D eigenvalue weighted by Gasteiger charge is -2.25. The lowest BCUT2D eigenvalue weighted by Crippen LogP contribution is -2.16. The number of aromatic hydroxyl groups is 1. The predicted molar refractivity (Wildman–Crippen MR) is 65.5 cm³/mol. The van der Waals surface area contributed by atoms with Gasteiger partial charge in [-0.15, -0.1) is 0 Å². The third-order valence-corrected chi connectivity index (χ3v) is 2.19. The van der Waals surface area contributed by atoms with Crippen molar-refractivity contribution in [3.05, 3.63) is 29.3 Å². The topological polar surface area (TPSA) is 20.2 Å². The molecule has 0 radical (unpaired) electrons. The number of phenols is 1. The minimum atomic E-state index is -3.48. The van der Waals surface area contributed by atoms with E-state index in [1.165, 1.54) is 6.07 Å². The van der Waals surface area contributed by atoms with Gasteiger partial charge in [0.1, 0.15) is 5.75 Å². The van der Waals surface area contributed by atoms with Crippen molar-refractivity contribution in [2.45, 2.75) is 52.2 Å². The molecule has 0 spiro atoms. The molecule has 0 bridgehead atoms. The first kappa shape index (κ1) is 4.12. The smallest absolute Gasteiger partial charge is 0.119 e. The van der Waals surface area contributed by atoms with Crippen molar-refractivity contribution in [2.75, 3.05) is 0 Å². The Morgan fingerprint density at radius 1 is 1.20 bits per heavy atom. The van der Waals surface area contributed by atoms with Crippen LogP contribution in [0, 0.1) is 0 Å². The Bertz CT molecular complexity index is 610. The summed E-state index contributed by atoms with van der Waals surface area (Å²) in [6.07, 6.45) is 0. The Balaban J connectivity index is 4.14. The van der Waals surface area contributed by atoms with E-state index in [9.17, 15) is 5.11 Å². The second-order valence-electron chi connectivity index (χ2n) is 4.65. The molecule has 1 N–H and O–H groups in total. The molecular weight excluding hydrogens is 184 g/mol. The van der Waals surface area contributed by atoms with Crippen LogP contribution in [0.25, 0.3) is 0 Å². The molecule has 15 heavy (non-hydrogen) atoms. The Labute approximate surface area is 107 Å². The Morgan fingerprint density at radius 2 is 1.80 bits per heavy atom. The summed E-state index contributed by atoms with van der Waals surface area (Å²) in [5, 5.41) is 10.3. The van der Waals surface area contributed by atoms with Crippen LogP contribution in [0.5, 0.6) is 5.75 Å². The molecule has 1 aromatic carbocycles. The first-order valence-electron chi connectivity index (χ1n) is 9.63. The highest BCUT2D eigenvalue weighted by atomic mass is 16.3. The van der Waals surface area contributed by atoms with Gasteiger partial charge in [-0.05, 0) is 28.0 Å². The molecule has 1 heteroatoms. The van der Waals surface area contributed by atoms with E-state index in [1.807, 2.05) is 0 Å². The fourth-order valence-electron chi connectivity index (χ4n) is 1.21. The molecule has 0 unspecified atom stereocenters. The van der Waals surface area contributed by atoms with Gasteiger partial charge in [-0.1, -0.05) is 53.5 Å². The SMILES string of the molecule is [2H]c1cc(C(C)(C)C)cc(C(C([2H])([2H])[2H])(C([2H])([2H])[2H])C([2H])([2H])[2H])c1O. The van der Waals surface area contributed by atoms with Crippen LogP contribution < -0.4 is 0 Å². The lowest BCUT2D eigenvalue weighted by atomic mass is 9.80. The molecule has 0 aliphatic heterocycles. The maximum atomic E-state index is 10.3. The molecule has 0 aliphatic carbocycles. The van der Waals surface area contributed by atoms with Gasteiger partial charge in [0.25, 0.3) is 0 Å². The molecule has 0 fully saturated rings. The summed E-state index contributed by atoms with van der Waals surface area (Å²) in [6, 6.07) is 1.82. The van der Waals surface area contributed by atoms with Gasteiger partial charge in [-0.25, -0.2) is 0 Å². The first-order valence-corrected chi connectivity index (χ1v) is 4.63. The fourth-order valence-corrected chi connectivity index (χ4v) is 1.21. The first-order chi connectivity index (χ1) is 10.8. The summed E-state index contributed by atoms with van der Waals surface area (Å²) < 4.78 is 77.4. The average Bonchev–Trinajstić information content (AvgIpc) is 2.27. The van der Waals surface area contributed by atoms with Crippen molar-refractivity contribution < 1.29 is 18.8 Å². The van der Waals surface area contributed by atoms with Crippen molar-refractivity contribution in [1.29, 1.82) is 0 Å². The van der Waals surface area contributed by atoms with Crippen LogP contribution in [0.15, 0.2) is 18.2 Å². The molecule has 84 valence electrons. The minimum Gasteiger partial charge on any atom is -0.508 e. The van der Waals surface area contributed by atoms with Crippen LogP contribution >= 0.6 is 0 Å². The minimum absolute atomic E-state index is 0.354. The Kier molecular flexibility index (Phi) is 0.975. The van der Waals surface area contributed by atoms with Gasteiger partial charge in [0, 0.05) is 12.3 Å². The molecular formula is C14H22O. The Hall–Kier alpha value is -0.980. The van der Waals surface area contributed by atoms with Crippen molar-refractivity contribution in [3.63, 3.8) is 0 Å². The lowest BCUT2D eigenvalue weighted by molar-refractivity contribution is 0.444. The van der Waals surface area contributed by atoms with Gasteiger partial charge >= 0.3 is 0 Å². The van der Waals surface area contributed by atoms with Gasteiger partial charge in [-0.3, -0.25) is 0 Å². The number of hydrogen-bond acceptors (Lipinski definition) is 1. The molecule has 1 aromatic rings. The summed E-state index contributed by atoms with van der Waals surface area (Å²) in [6.45, 7) is -5.23. The largest absolute Gasteiger partial charge is 0.508 e. The number of benzene rings is 1. The van der Waals surface area contributed by atoms with Crippen LogP contribution in [0.3, 0.4) is 0 Å². The molecule has 1 rings (SSSR count). The Morgan fingerprint density at radius 3 is 2.27 bits per heavy atom. The van der Waals surface area contributed by atoms with Crippen molar-refractivity contribution in [3.8, 4) is 5.75 Å². The zero-order valence-electron chi connectivity index (χ0n) is 19.1. The van der Waals surface area contributed by atoms with E-state index < -0.39 is 48.7 Å². The second kappa shape index (κ2) is 3.55. The van der Waals surface area contributed by atoms with Crippen LogP contribution in [0.1, 0.15) is 66.2 Å². The number of rotatable bonds is 0. The van der Waals surface area contributed by atoms with E-state index in [-0.39, 0.29) is 0 Å². The fraction of sp³-hybridized carbons (Fsp3) is 0.571. The summed E-state index contributed by atoms with van der Waals surface area (Å²) >= 11 is 0. The van der Waals surface area contributed by atoms with E-state index in [0.717, 1.165) is 6.07 Å². The van der Waals surface area contributed by atoms with Crippen LogP contribution in [-0.2, 0) is 10.8 Å². The van der Waals surface area contributed by atoms with E-state index in [2.05, 4.69) is 0 Å². The van der Waals surface area contributed by atoms with E-state index in [4.69, 9.17) is 13.7 Å². The van der Waals surface area contributed by atoms with Crippen LogP contribution in [0.4, 0.5) is 0 Å². The zero-order chi connectivity index (χ0) is 20.2. The molecule has 1 nitrogen and oxygen atoms in total. The van der Waals surface area contributed by atoms with Crippen molar-refractivity contribution >= 4 is 0 Å². The predicted octanol–water partition coefficient (Wildman–Crippen LogP) is 3.99. The summed E-state index contributed by atoms with van der Waals surface area (Å²) in [5.74, 6) is -0.948. The third kappa shape index (κ3) is 2.74. The standard InChI is InChI=1S/C14H22O/c1-13(2,3)10-7-8-12(15)11(9-10)14(4,5)6/h7-9,15H,1-6H3/i4D3,5D3,6D3,8D. The number of phenolic OH excluding ortho intramolecular Hbond substituents is 1. The van der Waals surface area contributed by atoms with Gasteiger partial charge < -0.3 is 5.11 Å². The molecule has 0 heterocycles. The molecule has 0 saturated heterocycles. The monoisotopic (exact) mass is 216 g/mol. The summed E-state index contributed by atoms with van der Waals surface area (Å²) in [4.78, 5) is 0. The highest BCUT2D eigenvalue weighted by Crippen LogP contribution is 2.34. The van der Waals surface area contributed by atoms with Crippen LogP contribution in [0.2, 0.25) is 0 Å². The van der Waals surface area contributed by atoms with E-state index in [1.54, 1.807) is 20.8 Å². The molecule has 0 atom stereocenters. The van der Waals surface area contributed by atoms with Gasteiger partial charge in [-0.2, -0.15) is 0 Å². The molecule has 0 amide bonds. The third-order valence-electron chi connectivity index (χ3n) is 2.19.